The molecule has 0 unspecified atom stereocenters. The van der Waals surface area contributed by atoms with Gasteiger partial charge in [0.15, 0.2) is 0 Å². The molecule has 2 saturated heterocycles. The van der Waals surface area contributed by atoms with Crippen molar-refractivity contribution in [2.75, 3.05) is 33.2 Å². The fourth-order valence-electron chi connectivity index (χ4n) is 2.52. The van der Waals surface area contributed by atoms with Gasteiger partial charge in [0, 0.05) is 42.5 Å². The average molecular weight is 280 g/mol. The van der Waals surface area contributed by atoms with Gasteiger partial charge in [-0.2, -0.15) is 0 Å². The lowest BCUT2D eigenvalue weighted by Gasteiger charge is -2.36. The molecule has 2 heterocycles. The van der Waals surface area contributed by atoms with Gasteiger partial charge in [-0.25, -0.2) is 3.11 Å². The number of hydrogen-bond donors (Lipinski definition) is 0. The van der Waals surface area contributed by atoms with Crippen molar-refractivity contribution in [3.8, 4) is 0 Å². The Morgan fingerprint density at radius 2 is 1.67 bits per heavy atom. The molecule has 2 nitrogen and oxygen atoms in total. The molecule has 2 aliphatic rings. The van der Waals surface area contributed by atoms with Crippen LogP contribution >= 0.6 is 22.9 Å². The van der Waals surface area contributed by atoms with Crippen LogP contribution in [0, 0.1) is 5.41 Å². The van der Waals surface area contributed by atoms with E-state index in [1.165, 1.54) is 45.4 Å². The molecule has 0 bridgehead atoms. The van der Waals surface area contributed by atoms with Crippen molar-refractivity contribution in [2.45, 2.75) is 19.3 Å². The van der Waals surface area contributed by atoms with E-state index >= 15 is 0 Å². The zero-order chi connectivity index (χ0) is 8.60. The fourth-order valence-corrected chi connectivity index (χ4v) is 3.00. The van der Waals surface area contributed by atoms with Crippen molar-refractivity contribution in [1.29, 1.82) is 0 Å². The molecule has 0 aromatic rings. The molecular weight excluding hydrogens is 263 g/mol. The summed E-state index contributed by atoms with van der Waals surface area (Å²) in [5.74, 6) is 0. The van der Waals surface area contributed by atoms with Gasteiger partial charge in [-0.3, -0.25) is 0 Å². The Balaban J connectivity index is 1.95. The molecule has 2 aliphatic heterocycles. The van der Waals surface area contributed by atoms with Crippen molar-refractivity contribution in [3.05, 3.63) is 0 Å². The van der Waals surface area contributed by atoms with Crippen molar-refractivity contribution in [2.24, 2.45) is 5.41 Å². The first-order valence-corrected chi connectivity index (χ1v) is 5.76. The van der Waals surface area contributed by atoms with Crippen LogP contribution in [0.5, 0.6) is 0 Å². The number of rotatable bonds is 0. The number of hydrogen-bond acceptors (Lipinski definition) is 2. The Kier molecular flexibility index (Phi) is 2.63. The molecule has 0 aliphatic carbocycles. The Labute approximate surface area is 88.8 Å². The molecule has 2 fully saturated rings. The maximum atomic E-state index is 2.49. The van der Waals surface area contributed by atoms with E-state index in [4.69, 9.17) is 0 Å². The second-order valence-corrected chi connectivity index (χ2v) is 5.76. The summed E-state index contributed by atoms with van der Waals surface area (Å²) < 4.78 is 2.43. The summed E-state index contributed by atoms with van der Waals surface area (Å²) in [5.41, 5.74) is 0.705. The van der Waals surface area contributed by atoms with E-state index in [1.807, 2.05) is 0 Å². The predicted octanol–water partition coefficient (Wildman–Crippen LogP) is 1.75. The summed E-state index contributed by atoms with van der Waals surface area (Å²) in [6, 6.07) is 0. The molecule has 0 aromatic heterocycles. The fraction of sp³-hybridized carbons (Fsp3) is 1.00. The molecule has 2 rings (SSSR count). The monoisotopic (exact) mass is 280 g/mol. The summed E-state index contributed by atoms with van der Waals surface area (Å²) in [7, 11) is 2.26. The maximum absolute atomic E-state index is 2.49. The Morgan fingerprint density at radius 1 is 1.08 bits per heavy atom. The average Bonchev–Trinajstić information content (AvgIpc) is 2.40. The van der Waals surface area contributed by atoms with E-state index < -0.39 is 0 Å². The summed E-state index contributed by atoms with van der Waals surface area (Å²) in [5, 5.41) is 0. The van der Waals surface area contributed by atoms with Gasteiger partial charge < -0.3 is 4.90 Å². The van der Waals surface area contributed by atoms with Gasteiger partial charge in [0.2, 0.25) is 0 Å². The van der Waals surface area contributed by atoms with Crippen LogP contribution < -0.4 is 0 Å². The molecular formula is C9H17IN2. The lowest BCUT2D eigenvalue weighted by molar-refractivity contribution is 0.176. The van der Waals surface area contributed by atoms with Crippen LogP contribution in [-0.2, 0) is 0 Å². The van der Waals surface area contributed by atoms with E-state index in [9.17, 15) is 0 Å². The van der Waals surface area contributed by atoms with Crippen LogP contribution in [0.3, 0.4) is 0 Å². The molecule has 0 amide bonds. The van der Waals surface area contributed by atoms with Crippen LogP contribution in [0.4, 0.5) is 0 Å². The molecule has 1 spiro atoms. The predicted molar refractivity (Wildman–Crippen MR) is 59.4 cm³/mol. The molecule has 12 heavy (non-hydrogen) atoms. The molecule has 70 valence electrons. The first-order chi connectivity index (χ1) is 5.70. The van der Waals surface area contributed by atoms with Crippen molar-refractivity contribution >= 4 is 22.9 Å². The molecule has 3 heteroatoms. The molecule has 0 N–H and O–H groups in total. The Bertz CT molecular complexity index is 164. The first-order valence-electron chi connectivity index (χ1n) is 4.80. The molecule has 0 radical (unpaired) electrons. The van der Waals surface area contributed by atoms with E-state index in [0.717, 1.165) is 0 Å². The minimum Gasteiger partial charge on any atom is -0.306 e. The summed E-state index contributed by atoms with van der Waals surface area (Å²) in [4.78, 5) is 2.49. The number of piperidine rings is 1. The van der Waals surface area contributed by atoms with E-state index in [2.05, 4.69) is 37.9 Å². The molecule has 0 aromatic carbocycles. The smallest absolute Gasteiger partial charge is 0.0201 e. The van der Waals surface area contributed by atoms with Gasteiger partial charge >= 0.3 is 0 Å². The van der Waals surface area contributed by atoms with Gasteiger partial charge in [-0.1, -0.05) is 0 Å². The van der Waals surface area contributed by atoms with Crippen LogP contribution in [0.25, 0.3) is 0 Å². The number of likely N-dealkylation sites (tertiary alicyclic amines) is 1. The van der Waals surface area contributed by atoms with Gasteiger partial charge in [-0.05, 0) is 38.3 Å². The van der Waals surface area contributed by atoms with Gasteiger partial charge in [0.05, 0.1) is 0 Å². The van der Waals surface area contributed by atoms with Crippen molar-refractivity contribution < 1.29 is 0 Å². The van der Waals surface area contributed by atoms with E-state index in [0.29, 0.717) is 5.41 Å². The van der Waals surface area contributed by atoms with Crippen molar-refractivity contribution in [3.63, 3.8) is 0 Å². The lowest BCUT2D eigenvalue weighted by Crippen LogP contribution is -2.36. The highest BCUT2D eigenvalue weighted by Gasteiger charge is 2.38. The highest BCUT2D eigenvalue weighted by molar-refractivity contribution is 14.1. The minimum atomic E-state index is 0.705. The summed E-state index contributed by atoms with van der Waals surface area (Å²) in [6.07, 6.45) is 4.27. The molecule has 0 saturated carbocycles. The zero-order valence-corrected chi connectivity index (χ0v) is 9.88. The van der Waals surface area contributed by atoms with Crippen LogP contribution in [0.2, 0.25) is 0 Å². The van der Waals surface area contributed by atoms with Crippen LogP contribution in [0.1, 0.15) is 19.3 Å². The Hall–Kier alpha value is 0.650. The molecule has 0 atom stereocenters. The summed E-state index contributed by atoms with van der Waals surface area (Å²) >= 11 is 2.45. The van der Waals surface area contributed by atoms with Gasteiger partial charge in [0.25, 0.3) is 0 Å². The normalized spacial score (nSPS) is 31.5. The highest BCUT2D eigenvalue weighted by atomic mass is 127. The zero-order valence-electron chi connectivity index (χ0n) is 7.72. The largest absolute Gasteiger partial charge is 0.306 e. The SMILES string of the molecule is CN1CCC2(CCN(I)CC2)C1. The third-order valence-electron chi connectivity index (χ3n) is 3.40. The highest BCUT2D eigenvalue weighted by Crippen LogP contribution is 2.40. The van der Waals surface area contributed by atoms with Gasteiger partial charge in [-0.15, -0.1) is 0 Å². The second kappa shape index (κ2) is 3.42. The van der Waals surface area contributed by atoms with E-state index in [-0.39, 0.29) is 0 Å². The number of halogens is 1. The lowest BCUT2D eigenvalue weighted by atomic mass is 9.78. The minimum absolute atomic E-state index is 0.705. The Morgan fingerprint density at radius 3 is 2.17 bits per heavy atom. The van der Waals surface area contributed by atoms with Gasteiger partial charge in [0.1, 0.15) is 0 Å². The third kappa shape index (κ3) is 1.77. The standard InChI is InChI=1S/C9H17IN2/c1-11-5-2-9(8-11)3-6-12(10)7-4-9/h2-8H2,1H3. The summed E-state index contributed by atoms with van der Waals surface area (Å²) in [6.45, 7) is 5.27. The van der Waals surface area contributed by atoms with Crippen LogP contribution in [-0.4, -0.2) is 41.2 Å². The van der Waals surface area contributed by atoms with Crippen LogP contribution in [0.15, 0.2) is 0 Å². The topological polar surface area (TPSA) is 6.48 Å². The second-order valence-electron chi connectivity index (χ2n) is 4.40. The third-order valence-corrected chi connectivity index (χ3v) is 4.36. The van der Waals surface area contributed by atoms with E-state index in [1.54, 1.807) is 0 Å². The van der Waals surface area contributed by atoms with Crippen molar-refractivity contribution in [1.82, 2.24) is 8.01 Å². The maximum Gasteiger partial charge on any atom is 0.0201 e. The number of nitrogens with zero attached hydrogens (tertiary/aromatic N) is 2. The quantitative estimate of drug-likeness (QED) is 0.493. The first kappa shape index (κ1) is 9.21.